The summed E-state index contributed by atoms with van der Waals surface area (Å²) in [4.78, 5) is 22.4. The Bertz CT molecular complexity index is 1750. The van der Waals surface area contributed by atoms with Crippen molar-refractivity contribution in [3.63, 3.8) is 0 Å². The zero-order valence-corrected chi connectivity index (χ0v) is 26.2. The molecule has 6 nitrogen and oxygen atoms in total. The van der Waals surface area contributed by atoms with E-state index in [1.165, 1.54) is 5.56 Å². The van der Waals surface area contributed by atoms with E-state index in [0.717, 1.165) is 63.1 Å². The fourth-order valence-corrected chi connectivity index (χ4v) is 6.02. The van der Waals surface area contributed by atoms with Crippen LogP contribution in [0.2, 0.25) is 10.0 Å². The number of anilines is 1. The van der Waals surface area contributed by atoms with Gasteiger partial charge in [-0.15, -0.1) is 0 Å². The zero-order chi connectivity index (χ0) is 30.1. The molecular weight excluding hydrogens is 577 g/mol. The van der Waals surface area contributed by atoms with Crippen molar-refractivity contribution in [1.82, 2.24) is 19.2 Å². The van der Waals surface area contributed by atoms with Gasteiger partial charge in [0.2, 0.25) is 0 Å². The van der Waals surface area contributed by atoms with Crippen molar-refractivity contribution in [1.29, 1.82) is 0 Å². The van der Waals surface area contributed by atoms with Crippen molar-refractivity contribution >= 4 is 40.6 Å². The van der Waals surface area contributed by atoms with E-state index in [4.69, 9.17) is 28.2 Å². The van der Waals surface area contributed by atoms with Crippen molar-refractivity contribution < 1.29 is 4.79 Å². The third kappa shape index (κ3) is 6.42. The molecule has 6 rings (SSSR count). The summed E-state index contributed by atoms with van der Waals surface area (Å²) in [6.07, 6.45) is 2.17. The Labute approximate surface area is 262 Å². The number of pyridine rings is 1. The van der Waals surface area contributed by atoms with Crippen LogP contribution in [0.25, 0.3) is 28.0 Å². The quantitative estimate of drug-likeness (QED) is 0.209. The van der Waals surface area contributed by atoms with E-state index in [1.807, 2.05) is 53.4 Å². The van der Waals surface area contributed by atoms with E-state index in [1.54, 1.807) is 0 Å². The molecule has 1 aliphatic rings. The summed E-state index contributed by atoms with van der Waals surface area (Å²) < 4.78 is 2.20. The number of benzene rings is 3. The van der Waals surface area contributed by atoms with Crippen LogP contribution in [-0.4, -0.2) is 51.4 Å². The van der Waals surface area contributed by atoms with Crippen LogP contribution in [-0.2, 0) is 6.54 Å². The number of carbonyl (C=O) groups excluding carboxylic acids is 1. The maximum Gasteiger partial charge on any atom is 0.321 e. The number of rotatable bonds is 6. The van der Waals surface area contributed by atoms with Gasteiger partial charge in [0.15, 0.2) is 0 Å². The number of carbonyl (C=O) groups is 1. The number of halogens is 2. The molecule has 0 spiro atoms. The number of hydrogen-bond donors (Lipinski definition) is 1. The number of amides is 2. The monoisotopic (exact) mass is 611 g/mol. The molecule has 3 aromatic carbocycles. The summed E-state index contributed by atoms with van der Waals surface area (Å²) in [5.74, 6) is 0.457. The number of fused-ring (bicyclic) bond motifs is 1. The Balaban J connectivity index is 1.23. The molecule has 1 fully saturated rings. The van der Waals surface area contributed by atoms with Gasteiger partial charge in [0, 0.05) is 60.2 Å². The molecule has 1 saturated heterocycles. The van der Waals surface area contributed by atoms with Crippen LogP contribution in [0.1, 0.15) is 36.6 Å². The van der Waals surface area contributed by atoms with Gasteiger partial charge in [0.05, 0.1) is 11.4 Å². The predicted octanol–water partition coefficient (Wildman–Crippen LogP) is 8.76. The lowest BCUT2D eigenvalue weighted by Crippen LogP contribution is -2.49. The standard InChI is InChI=1S/C35H35Cl2N5O/c1-23(2)25-6-12-30(13-7-25)38-35(43)41-18-16-40(17-19-41)22-32-34(26-4-9-28(36)10-5-26)39-33-15-8-27(21-42(32)33)31-14-11-29(37)20-24(31)3/h4-15,20-21,23H,16-19,22H2,1-3H3,(H,38,43). The lowest BCUT2D eigenvalue weighted by Gasteiger charge is -2.34. The number of nitrogens with zero attached hydrogens (tertiary/aromatic N) is 4. The second-order valence-electron chi connectivity index (χ2n) is 11.5. The van der Waals surface area contributed by atoms with Crippen LogP contribution in [0.4, 0.5) is 10.5 Å². The second-order valence-corrected chi connectivity index (χ2v) is 12.4. The average Bonchev–Trinajstić information content (AvgIpc) is 3.35. The van der Waals surface area contributed by atoms with Gasteiger partial charge in [0.25, 0.3) is 0 Å². The van der Waals surface area contributed by atoms with Crippen molar-refractivity contribution in [2.45, 2.75) is 33.2 Å². The largest absolute Gasteiger partial charge is 0.322 e. The number of imidazole rings is 1. The summed E-state index contributed by atoms with van der Waals surface area (Å²) in [5.41, 5.74) is 9.39. The second kappa shape index (κ2) is 12.4. The molecule has 2 aromatic heterocycles. The summed E-state index contributed by atoms with van der Waals surface area (Å²) in [6, 6.07) is 26.1. The summed E-state index contributed by atoms with van der Waals surface area (Å²) in [7, 11) is 0. The minimum Gasteiger partial charge on any atom is -0.322 e. The maximum absolute atomic E-state index is 13.0. The smallest absolute Gasteiger partial charge is 0.321 e. The number of hydrogen-bond acceptors (Lipinski definition) is 3. The van der Waals surface area contributed by atoms with Crippen molar-refractivity contribution in [3.05, 3.63) is 112 Å². The molecule has 0 aliphatic carbocycles. The Morgan fingerprint density at radius 1 is 0.860 bits per heavy atom. The van der Waals surface area contributed by atoms with E-state index in [2.05, 4.69) is 71.9 Å². The molecule has 0 unspecified atom stereocenters. The molecule has 0 saturated carbocycles. The first-order valence-electron chi connectivity index (χ1n) is 14.7. The Morgan fingerprint density at radius 3 is 2.21 bits per heavy atom. The molecule has 0 bridgehead atoms. The number of urea groups is 1. The lowest BCUT2D eigenvalue weighted by molar-refractivity contribution is 0.142. The molecule has 1 aliphatic heterocycles. The van der Waals surface area contributed by atoms with E-state index < -0.39 is 0 Å². The number of aryl methyl sites for hydroxylation is 1. The molecule has 43 heavy (non-hydrogen) atoms. The van der Waals surface area contributed by atoms with E-state index in [-0.39, 0.29) is 6.03 Å². The highest BCUT2D eigenvalue weighted by molar-refractivity contribution is 6.31. The van der Waals surface area contributed by atoms with Crippen molar-refractivity contribution in [2.75, 3.05) is 31.5 Å². The predicted molar refractivity (Wildman–Crippen MR) is 177 cm³/mol. The van der Waals surface area contributed by atoms with E-state index in [9.17, 15) is 4.79 Å². The Morgan fingerprint density at radius 2 is 1.53 bits per heavy atom. The minimum atomic E-state index is -0.0587. The molecule has 1 N–H and O–H groups in total. The van der Waals surface area contributed by atoms with Gasteiger partial charge in [0.1, 0.15) is 5.65 Å². The van der Waals surface area contributed by atoms with Gasteiger partial charge in [-0.3, -0.25) is 4.90 Å². The van der Waals surface area contributed by atoms with Gasteiger partial charge < -0.3 is 14.6 Å². The molecular formula is C35H35Cl2N5O. The highest BCUT2D eigenvalue weighted by atomic mass is 35.5. The maximum atomic E-state index is 13.0. The van der Waals surface area contributed by atoms with Crippen molar-refractivity contribution in [2.24, 2.45) is 0 Å². The third-order valence-electron chi connectivity index (χ3n) is 8.20. The number of nitrogens with one attached hydrogen (secondary N) is 1. The Kier molecular flexibility index (Phi) is 8.44. The number of aromatic nitrogens is 2. The van der Waals surface area contributed by atoms with Gasteiger partial charge in [-0.25, -0.2) is 9.78 Å². The lowest BCUT2D eigenvalue weighted by atomic mass is 10.0. The van der Waals surface area contributed by atoms with Crippen LogP contribution in [0, 0.1) is 6.92 Å². The molecule has 2 amide bonds. The van der Waals surface area contributed by atoms with E-state index in [0.29, 0.717) is 30.6 Å². The summed E-state index contributed by atoms with van der Waals surface area (Å²) in [5, 5.41) is 4.49. The first-order valence-corrected chi connectivity index (χ1v) is 15.4. The SMILES string of the molecule is Cc1cc(Cl)ccc1-c1ccc2nc(-c3ccc(Cl)cc3)c(CN3CCN(C(=O)Nc4ccc(C(C)C)cc4)CC3)n2c1. The van der Waals surface area contributed by atoms with Crippen LogP contribution < -0.4 is 5.32 Å². The Hall–Kier alpha value is -3.84. The van der Waals surface area contributed by atoms with Gasteiger partial charge in [-0.05, 0) is 83.6 Å². The normalized spacial score (nSPS) is 14.0. The van der Waals surface area contributed by atoms with Gasteiger partial charge in [-0.2, -0.15) is 0 Å². The molecule has 220 valence electrons. The first kappa shape index (κ1) is 29.2. The summed E-state index contributed by atoms with van der Waals surface area (Å²) in [6.45, 7) is 9.95. The highest BCUT2D eigenvalue weighted by Crippen LogP contribution is 2.31. The van der Waals surface area contributed by atoms with Crippen LogP contribution >= 0.6 is 23.2 Å². The number of piperazine rings is 1. The molecule has 8 heteroatoms. The van der Waals surface area contributed by atoms with E-state index >= 15 is 0 Å². The van der Waals surface area contributed by atoms with Crippen LogP contribution in [0.15, 0.2) is 85.1 Å². The van der Waals surface area contributed by atoms with Crippen LogP contribution in [0.3, 0.4) is 0 Å². The molecule has 5 aromatic rings. The zero-order valence-electron chi connectivity index (χ0n) is 24.6. The third-order valence-corrected chi connectivity index (χ3v) is 8.68. The molecule has 0 atom stereocenters. The minimum absolute atomic E-state index is 0.0587. The topological polar surface area (TPSA) is 52.9 Å². The molecule has 0 radical (unpaired) electrons. The van der Waals surface area contributed by atoms with Gasteiger partial charge >= 0.3 is 6.03 Å². The fraction of sp³-hybridized carbons (Fsp3) is 0.257. The molecule has 3 heterocycles. The highest BCUT2D eigenvalue weighted by Gasteiger charge is 2.24. The van der Waals surface area contributed by atoms with Crippen molar-refractivity contribution in [3.8, 4) is 22.4 Å². The van der Waals surface area contributed by atoms with Crippen LogP contribution in [0.5, 0.6) is 0 Å². The first-order chi connectivity index (χ1) is 20.7. The van der Waals surface area contributed by atoms with Gasteiger partial charge in [-0.1, -0.05) is 67.4 Å². The average molecular weight is 613 g/mol. The fourth-order valence-electron chi connectivity index (χ4n) is 5.67. The summed E-state index contributed by atoms with van der Waals surface area (Å²) >= 11 is 12.5.